The van der Waals surface area contributed by atoms with Crippen molar-refractivity contribution in [3.8, 4) is 0 Å². The van der Waals surface area contributed by atoms with E-state index in [4.69, 9.17) is 44.4 Å². The van der Waals surface area contributed by atoms with Crippen molar-refractivity contribution >= 4 is 43.3 Å². The summed E-state index contributed by atoms with van der Waals surface area (Å²) < 4.78 is 13.6. The van der Waals surface area contributed by atoms with Gasteiger partial charge in [-0.1, -0.05) is 0 Å². The Labute approximate surface area is 168 Å². The first-order chi connectivity index (χ1) is 11.0. The van der Waals surface area contributed by atoms with E-state index >= 15 is 0 Å². The number of likely N-dealkylation sites (tertiary alicyclic amines) is 1. The summed E-state index contributed by atoms with van der Waals surface area (Å²) in [6, 6.07) is 0. The van der Waals surface area contributed by atoms with Crippen molar-refractivity contribution in [2.45, 2.75) is 32.0 Å². The van der Waals surface area contributed by atoms with Gasteiger partial charge in [0.15, 0.2) is 0 Å². The molecule has 0 saturated carbocycles. The molecule has 148 valence electrons. The molecule has 7 N–H and O–H groups in total. The summed E-state index contributed by atoms with van der Waals surface area (Å²) in [5, 5.41) is 34.1. The third-order valence-corrected chi connectivity index (χ3v) is 2.60. The molecule has 2 atom stereocenters. The van der Waals surface area contributed by atoms with Crippen molar-refractivity contribution < 1.29 is 49.2 Å². The van der Waals surface area contributed by atoms with Gasteiger partial charge in [-0.15, -0.1) is 0 Å². The van der Waals surface area contributed by atoms with Crippen molar-refractivity contribution in [2.75, 3.05) is 39.5 Å². The standard InChI is InChI=1S/C6H11NO.C6H14O5.Na.H3O4P.H/c1-2-7-5-3-4-6(7)8;7-1-5(9)3-11-4-6(10)2-8;;1-5(2,3)4;/h2-5H2,1H3;5-10H,1-4H2;;(H3,1,2,3,4);. The van der Waals surface area contributed by atoms with Crippen LogP contribution in [0.5, 0.6) is 0 Å². The minimum absolute atomic E-state index is 0. The van der Waals surface area contributed by atoms with Crippen LogP contribution in [-0.4, -0.2) is 127 Å². The molecule has 1 heterocycles. The SMILES string of the molecule is CCN1CCCC1=O.O=P(O)(O)O.OCC(O)COCC(O)CO.[NaH]. The summed E-state index contributed by atoms with van der Waals surface area (Å²) in [5.41, 5.74) is 0. The van der Waals surface area contributed by atoms with Gasteiger partial charge in [-0.25, -0.2) is 4.57 Å². The van der Waals surface area contributed by atoms with Gasteiger partial charge in [-0.2, -0.15) is 0 Å². The van der Waals surface area contributed by atoms with Gasteiger partial charge >= 0.3 is 37.4 Å². The zero-order valence-electron chi connectivity index (χ0n) is 13.6. The van der Waals surface area contributed by atoms with Crippen molar-refractivity contribution in [2.24, 2.45) is 0 Å². The van der Waals surface area contributed by atoms with E-state index in [-0.39, 0.29) is 56.0 Å². The Morgan fingerprint density at radius 2 is 1.52 bits per heavy atom. The monoisotopic (exact) mass is 401 g/mol. The van der Waals surface area contributed by atoms with E-state index in [1.165, 1.54) is 0 Å². The van der Waals surface area contributed by atoms with Gasteiger partial charge in [-0.3, -0.25) is 4.79 Å². The summed E-state index contributed by atoms with van der Waals surface area (Å²) >= 11 is 0. The van der Waals surface area contributed by atoms with Crippen LogP contribution in [0.1, 0.15) is 19.8 Å². The Morgan fingerprint density at radius 3 is 1.72 bits per heavy atom. The third kappa shape index (κ3) is 24.4. The summed E-state index contributed by atoms with van der Waals surface area (Å²) in [6.45, 7) is 3.09. The quantitative estimate of drug-likeness (QED) is 0.169. The van der Waals surface area contributed by atoms with Crippen molar-refractivity contribution in [1.29, 1.82) is 0 Å². The molecule has 1 aliphatic rings. The molecule has 1 saturated heterocycles. The van der Waals surface area contributed by atoms with Gasteiger partial charge in [-0.05, 0) is 13.3 Å². The molecule has 25 heavy (non-hydrogen) atoms. The number of rotatable bonds is 7. The number of phosphoric acid groups is 1. The summed E-state index contributed by atoms with van der Waals surface area (Å²) in [5.74, 6) is 0.326. The molecule has 1 rings (SSSR count). The second kappa shape index (κ2) is 17.8. The predicted octanol–water partition coefficient (Wildman–Crippen LogP) is -3.24. The second-order valence-corrected chi connectivity index (χ2v) is 5.83. The molecule has 0 aromatic carbocycles. The Kier molecular flexibility index (Phi) is 21.4. The molecule has 0 aromatic rings. The zero-order valence-corrected chi connectivity index (χ0v) is 14.5. The van der Waals surface area contributed by atoms with E-state index in [9.17, 15) is 4.79 Å². The van der Waals surface area contributed by atoms with Crippen LogP contribution in [0.25, 0.3) is 0 Å². The van der Waals surface area contributed by atoms with E-state index in [0.717, 1.165) is 25.9 Å². The summed E-state index contributed by atoms with van der Waals surface area (Å²) in [4.78, 5) is 34.2. The van der Waals surface area contributed by atoms with E-state index in [1.54, 1.807) is 0 Å². The first-order valence-corrected chi connectivity index (χ1v) is 8.83. The number of amides is 1. The zero-order chi connectivity index (χ0) is 19.2. The van der Waals surface area contributed by atoms with Gasteiger partial charge in [0.2, 0.25) is 5.91 Å². The van der Waals surface area contributed by atoms with Crippen LogP contribution < -0.4 is 0 Å². The van der Waals surface area contributed by atoms with E-state index < -0.39 is 20.0 Å². The predicted molar refractivity (Wildman–Crippen MR) is 89.9 cm³/mol. The third-order valence-electron chi connectivity index (χ3n) is 2.60. The summed E-state index contributed by atoms with van der Waals surface area (Å²) in [6.07, 6.45) is 0.00216. The van der Waals surface area contributed by atoms with Crippen LogP contribution in [0.4, 0.5) is 0 Å². The average Bonchev–Trinajstić information content (AvgIpc) is 2.91. The van der Waals surface area contributed by atoms with Gasteiger partial charge in [0.1, 0.15) is 12.2 Å². The fourth-order valence-corrected chi connectivity index (χ4v) is 1.48. The van der Waals surface area contributed by atoms with E-state index in [2.05, 4.69) is 0 Å². The fourth-order valence-electron chi connectivity index (χ4n) is 1.48. The van der Waals surface area contributed by atoms with Crippen molar-refractivity contribution in [3.05, 3.63) is 0 Å². The van der Waals surface area contributed by atoms with Crippen LogP contribution in [0, 0.1) is 0 Å². The fraction of sp³-hybridized carbons (Fsp3) is 0.917. The number of ether oxygens (including phenoxy) is 1. The molecule has 1 fully saturated rings. The van der Waals surface area contributed by atoms with E-state index in [0.29, 0.717) is 5.91 Å². The molecule has 2 unspecified atom stereocenters. The molecule has 0 spiro atoms. The Balaban J connectivity index is -0.000000305. The molecule has 0 radical (unpaired) electrons. The molecular weight excluding hydrogens is 372 g/mol. The van der Waals surface area contributed by atoms with E-state index in [1.807, 2.05) is 11.8 Å². The van der Waals surface area contributed by atoms with Crippen molar-refractivity contribution in [1.82, 2.24) is 4.90 Å². The average molecular weight is 401 g/mol. The van der Waals surface area contributed by atoms with Gasteiger partial charge in [0.25, 0.3) is 0 Å². The maximum absolute atomic E-state index is 10.7. The van der Waals surface area contributed by atoms with Crippen molar-refractivity contribution in [3.63, 3.8) is 0 Å². The Morgan fingerprint density at radius 1 is 1.12 bits per heavy atom. The van der Waals surface area contributed by atoms with Gasteiger partial charge in [0, 0.05) is 19.5 Å². The second-order valence-electron chi connectivity index (χ2n) is 4.80. The molecule has 0 aromatic heterocycles. The van der Waals surface area contributed by atoms with Gasteiger partial charge in [0.05, 0.1) is 26.4 Å². The van der Waals surface area contributed by atoms with Crippen LogP contribution in [0.15, 0.2) is 0 Å². The maximum atomic E-state index is 10.7. The number of aliphatic hydroxyl groups excluding tert-OH is 4. The van der Waals surface area contributed by atoms with Crippen LogP contribution in [0.2, 0.25) is 0 Å². The molecular formula is C12H29NNaO10P. The molecule has 1 amide bonds. The summed E-state index contributed by atoms with van der Waals surface area (Å²) in [7, 11) is -4.64. The number of carbonyl (C=O) groups is 1. The number of carbonyl (C=O) groups excluding carboxylic acids is 1. The minimum atomic E-state index is -4.64. The Bertz CT molecular complexity index is 352. The number of hydrogen-bond acceptors (Lipinski definition) is 7. The van der Waals surface area contributed by atoms with Crippen LogP contribution in [-0.2, 0) is 14.1 Å². The number of hydrogen-bond donors (Lipinski definition) is 7. The van der Waals surface area contributed by atoms with Crippen LogP contribution >= 0.6 is 7.82 Å². The Hall–Kier alpha value is 0.380. The first-order valence-electron chi connectivity index (χ1n) is 7.26. The molecule has 11 nitrogen and oxygen atoms in total. The van der Waals surface area contributed by atoms with Crippen LogP contribution in [0.3, 0.4) is 0 Å². The molecule has 0 aliphatic carbocycles. The first kappa shape index (κ1) is 30.1. The normalized spacial score (nSPS) is 16.0. The number of aliphatic hydroxyl groups is 4. The topological polar surface area (TPSA) is 188 Å². The molecule has 13 heteroatoms. The number of nitrogens with zero attached hydrogens (tertiary/aromatic N) is 1. The van der Waals surface area contributed by atoms with Gasteiger partial charge < -0.3 is 44.7 Å². The molecule has 0 bridgehead atoms. The molecule has 1 aliphatic heterocycles.